The number of rotatable bonds is 8. The summed E-state index contributed by atoms with van der Waals surface area (Å²) >= 11 is 7.74. The minimum atomic E-state index is 0.546. The minimum absolute atomic E-state index is 0.546. The summed E-state index contributed by atoms with van der Waals surface area (Å²) in [5, 5.41) is 24.4. The van der Waals surface area contributed by atoms with Crippen LogP contribution in [0.3, 0.4) is 0 Å². The molecule has 0 aliphatic rings. The Hall–Kier alpha value is -2.06. The van der Waals surface area contributed by atoms with Gasteiger partial charge in [-0.2, -0.15) is 32.6 Å². The summed E-state index contributed by atoms with van der Waals surface area (Å²) in [6.45, 7) is 0. The Morgan fingerprint density at radius 3 is 1.72 bits per heavy atom. The molecule has 0 atom stereocenters. The van der Waals surface area contributed by atoms with Crippen molar-refractivity contribution in [2.45, 2.75) is 20.2 Å². The van der Waals surface area contributed by atoms with Crippen molar-refractivity contribution >= 4 is 57.5 Å². The van der Waals surface area contributed by atoms with Gasteiger partial charge in [0.15, 0.2) is 8.68 Å². The first kappa shape index (κ1) is 18.9. The summed E-state index contributed by atoms with van der Waals surface area (Å²) in [7, 11) is 0. The number of nitrogens with zero attached hydrogens (tertiary/aromatic N) is 6. The Labute approximate surface area is 184 Å². The van der Waals surface area contributed by atoms with E-state index in [1.807, 2.05) is 33.7 Å². The molecule has 5 rings (SSSR count). The van der Waals surface area contributed by atoms with Crippen molar-refractivity contribution in [3.63, 3.8) is 0 Å². The maximum Gasteiger partial charge on any atom is 0.237 e. The summed E-state index contributed by atoms with van der Waals surface area (Å²) < 4.78 is 12.3. The van der Waals surface area contributed by atoms with Crippen LogP contribution in [0, 0.1) is 0 Å². The molecule has 0 aromatic carbocycles. The first-order valence-corrected chi connectivity index (χ1v) is 12.8. The van der Waals surface area contributed by atoms with Crippen LogP contribution >= 0.6 is 57.5 Å². The molecule has 0 aliphatic heterocycles. The van der Waals surface area contributed by atoms with Gasteiger partial charge in [0.1, 0.15) is 0 Å². The molecule has 5 aromatic heterocycles. The molecule has 0 bridgehead atoms. The van der Waals surface area contributed by atoms with Crippen LogP contribution in [-0.4, -0.2) is 30.5 Å². The molecule has 0 amide bonds. The molecule has 5 heterocycles. The molecule has 0 aliphatic carbocycles. The van der Waals surface area contributed by atoms with Gasteiger partial charge >= 0.3 is 0 Å². The predicted octanol–water partition coefficient (Wildman–Crippen LogP) is 5.35. The lowest BCUT2D eigenvalue weighted by molar-refractivity contribution is 0.391. The van der Waals surface area contributed by atoms with E-state index >= 15 is 0 Å². The van der Waals surface area contributed by atoms with Gasteiger partial charge in [0.2, 0.25) is 23.4 Å². The second-order valence-corrected chi connectivity index (χ2v) is 10.4. The van der Waals surface area contributed by atoms with Crippen LogP contribution in [0.1, 0.15) is 11.8 Å². The number of hydrogen-bond acceptors (Lipinski definition) is 13. The third-order valence-electron chi connectivity index (χ3n) is 3.52. The second-order valence-electron chi connectivity index (χ2n) is 5.46. The van der Waals surface area contributed by atoms with E-state index < -0.39 is 0 Å². The molecule has 8 nitrogen and oxygen atoms in total. The molecule has 146 valence electrons. The summed E-state index contributed by atoms with van der Waals surface area (Å²) in [5.74, 6) is 3.43. The number of thioether (sulfide) groups is 2. The predicted molar refractivity (Wildman–Crippen MR) is 114 cm³/mol. The number of thiophene rings is 2. The van der Waals surface area contributed by atoms with Crippen LogP contribution in [0.4, 0.5) is 0 Å². The molecular weight excluding hydrogens is 469 g/mol. The molecule has 0 saturated carbocycles. The Bertz CT molecular complexity index is 1090. The third kappa shape index (κ3) is 4.59. The minimum Gasteiger partial charge on any atom is -0.338 e. The molecule has 0 unspecified atom stereocenters. The van der Waals surface area contributed by atoms with Gasteiger partial charge in [-0.15, -0.1) is 10.2 Å². The monoisotopic (exact) mass is 478 g/mol. The average molecular weight is 479 g/mol. The van der Waals surface area contributed by atoms with E-state index in [1.165, 1.54) is 34.9 Å². The van der Waals surface area contributed by atoms with Crippen LogP contribution in [-0.2, 0) is 11.5 Å². The maximum atomic E-state index is 5.30. The highest BCUT2D eigenvalue weighted by molar-refractivity contribution is 8.02. The van der Waals surface area contributed by atoms with E-state index in [0.717, 1.165) is 19.8 Å². The molecule has 5 aromatic rings. The molecule has 13 heteroatoms. The van der Waals surface area contributed by atoms with Gasteiger partial charge in [-0.05, 0) is 22.9 Å². The lowest BCUT2D eigenvalue weighted by Crippen LogP contribution is -1.81. The van der Waals surface area contributed by atoms with Gasteiger partial charge in [-0.1, -0.05) is 45.2 Å². The Morgan fingerprint density at radius 1 is 0.759 bits per heavy atom. The van der Waals surface area contributed by atoms with Gasteiger partial charge in [0, 0.05) is 21.9 Å². The van der Waals surface area contributed by atoms with E-state index in [4.69, 9.17) is 9.05 Å². The fraction of sp³-hybridized carbons (Fsp3) is 0.125. The number of aromatic nitrogens is 6. The summed E-state index contributed by atoms with van der Waals surface area (Å²) in [6.07, 6.45) is 0. The summed E-state index contributed by atoms with van der Waals surface area (Å²) in [5.41, 5.74) is 1.93. The number of hydrogen-bond donors (Lipinski definition) is 0. The van der Waals surface area contributed by atoms with Gasteiger partial charge < -0.3 is 9.05 Å². The Morgan fingerprint density at radius 2 is 1.28 bits per heavy atom. The molecule has 0 saturated heterocycles. The molecule has 0 fully saturated rings. The summed E-state index contributed by atoms with van der Waals surface area (Å²) in [6, 6.07) is 3.93. The SMILES string of the molecule is c1cc(-c2noc(CSc3nnc(SCc4nc(-c5ccsc5)no4)s3)n2)cs1. The van der Waals surface area contributed by atoms with E-state index in [2.05, 4.69) is 30.5 Å². The van der Waals surface area contributed by atoms with Crippen molar-refractivity contribution in [3.05, 3.63) is 45.4 Å². The molecule has 0 radical (unpaired) electrons. The lowest BCUT2D eigenvalue weighted by atomic mass is 10.3. The van der Waals surface area contributed by atoms with Crippen molar-refractivity contribution in [1.82, 2.24) is 30.5 Å². The van der Waals surface area contributed by atoms with E-state index in [-0.39, 0.29) is 0 Å². The lowest BCUT2D eigenvalue weighted by Gasteiger charge is -1.90. The maximum absolute atomic E-state index is 5.30. The average Bonchev–Trinajstić information content (AvgIpc) is 3.55. The Balaban J connectivity index is 1.14. The van der Waals surface area contributed by atoms with Gasteiger partial charge in [0.25, 0.3) is 0 Å². The van der Waals surface area contributed by atoms with Crippen LogP contribution in [0.5, 0.6) is 0 Å². The highest BCUT2D eigenvalue weighted by atomic mass is 32.2. The molecular formula is C16H10N6O2S5. The van der Waals surface area contributed by atoms with Crippen LogP contribution < -0.4 is 0 Å². The summed E-state index contributed by atoms with van der Waals surface area (Å²) in [4.78, 5) is 8.81. The Kier molecular flexibility index (Phi) is 5.71. The van der Waals surface area contributed by atoms with Gasteiger partial charge in [-0.25, -0.2) is 0 Å². The van der Waals surface area contributed by atoms with Crippen LogP contribution in [0.25, 0.3) is 22.8 Å². The van der Waals surface area contributed by atoms with E-state index in [1.54, 1.807) is 22.7 Å². The second kappa shape index (κ2) is 8.75. The highest BCUT2D eigenvalue weighted by Crippen LogP contribution is 2.32. The van der Waals surface area contributed by atoms with Gasteiger partial charge in [0.05, 0.1) is 11.5 Å². The van der Waals surface area contributed by atoms with E-state index in [9.17, 15) is 0 Å². The van der Waals surface area contributed by atoms with Crippen molar-refractivity contribution in [2.75, 3.05) is 0 Å². The zero-order valence-corrected chi connectivity index (χ0v) is 18.5. The van der Waals surface area contributed by atoms with E-state index in [0.29, 0.717) is 34.9 Å². The zero-order valence-electron chi connectivity index (χ0n) is 14.4. The molecule has 0 N–H and O–H groups in total. The fourth-order valence-corrected chi connectivity index (χ4v) is 6.17. The quantitative estimate of drug-likeness (QED) is 0.271. The molecule has 0 spiro atoms. The first-order valence-electron chi connectivity index (χ1n) is 8.13. The van der Waals surface area contributed by atoms with Crippen molar-refractivity contribution < 1.29 is 9.05 Å². The smallest absolute Gasteiger partial charge is 0.237 e. The van der Waals surface area contributed by atoms with Crippen LogP contribution in [0.2, 0.25) is 0 Å². The topological polar surface area (TPSA) is 104 Å². The van der Waals surface area contributed by atoms with Gasteiger partial charge in [-0.3, -0.25) is 0 Å². The first-order chi connectivity index (χ1) is 14.3. The standard InChI is InChI=1S/C16H10N6O2S5/c1-3-25-5-9(1)13-17-11(23-21-13)7-27-15-19-20-16(29-15)28-8-12-18-14(22-24-12)10-2-4-26-6-10/h1-6H,7-8H2. The van der Waals surface area contributed by atoms with Crippen molar-refractivity contribution in [3.8, 4) is 22.8 Å². The van der Waals surface area contributed by atoms with Crippen molar-refractivity contribution in [2.24, 2.45) is 0 Å². The largest absolute Gasteiger partial charge is 0.338 e. The van der Waals surface area contributed by atoms with Crippen molar-refractivity contribution in [1.29, 1.82) is 0 Å². The zero-order chi connectivity index (χ0) is 19.5. The van der Waals surface area contributed by atoms with Crippen LogP contribution in [0.15, 0.2) is 51.4 Å². The highest BCUT2D eigenvalue weighted by Gasteiger charge is 2.13. The third-order valence-corrected chi connectivity index (χ3v) is 8.05. The normalized spacial score (nSPS) is 11.3. The fourth-order valence-electron chi connectivity index (χ4n) is 2.21. The molecule has 29 heavy (non-hydrogen) atoms.